The highest BCUT2D eigenvalue weighted by molar-refractivity contribution is 9.08. The molecule has 0 N–H and O–H groups in total. The second kappa shape index (κ2) is 4.44. The van der Waals surface area contributed by atoms with Crippen LogP contribution < -0.4 is 0 Å². The molecule has 1 aromatic carbocycles. The fraction of sp³-hybridized carbons (Fsp3) is 0.467. The number of alkyl halides is 1. The normalized spacial score (nSPS) is 28.4. The molecule has 2 aromatic rings. The Labute approximate surface area is 121 Å². The number of aromatic nitrogens is 3. The van der Waals surface area contributed by atoms with Crippen LogP contribution in [-0.4, -0.2) is 14.8 Å². The van der Waals surface area contributed by atoms with E-state index in [1.807, 2.05) is 6.07 Å². The van der Waals surface area contributed by atoms with Gasteiger partial charge in [0, 0.05) is 11.6 Å². The van der Waals surface area contributed by atoms with Gasteiger partial charge in [0.15, 0.2) is 0 Å². The summed E-state index contributed by atoms with van der Waals surface area (Å²) >= 11 is 3.53. The summed E-state index contributed by atoms with van der Waals surface area (Å²) < 4.78 is 2.25. The predicted octanol–water partition coefficient (Wildman–Crippen LogP) is 3.68. The van der Waals surface area contributed by atoms with E-state index in [1.165, 1.54) is 30.8 Å². The van der Waals surface area contributed by atoms with E-state index in [9.17, 15) is 0 Å². The Morgan fingerprint density at radius 3 is 2.53 bits per heavy atom. The van der Waals surface area contributed by atoms with Crippen molar-refractivity contribution in [3.8, 4) is 5.69 Å². The SMILES string of the molecule is BrCc1nnc(C2C3CCCC32)n1-c1ccccc1. The number of halogens is 1. The lowest BCUT2D eigenvalue weighted by atomic mass is 10.1. The van der Waals surface area contributed by atoms with Crippen molar-refractivity contribution in [2.24, 2.45) is 11.8 Å². The molecule has 0 spiro atoms. The van der Waals surface area contributed by atoms with Crippen molar-refractivity contribution in [1.82, 2.24) is 14.8 Å². The van der Waals surface area contributed by atoms with Gasteiger partial charge in [-0.3, -0.25) is 4.57 Å². The van der Waals surface area contributed by atoms with Crippen molar-refractivity contribution in [2.75, 3.05) is 0 Å². The van der Waals surface area contributed by atoms with E-state index in [1.54, 1.807) is 0 Å². The summed E-state index contributed by atoms with van der Waals surface area (Å²) in [5.41, 5.74) is 1.18. The van der Waals surface area contributed by atoms with E-state index in [0.29, 0.717) is 5.92 Å². The van der Waals surface area contributed by atoms with Gasteiger partial charge in [-0.15, -0.1) is 10.2 Å². The lowest BCUT2D eigenvalue weighted by Crippen LogP contribution is -2.05. The largest absolute Gasteiger partial charge is 0.282 e. The monoisotopic (exact) mass is 317 g/mol. The maximum absolute atomic E-state index is 4.49. The van der Waals surface area contributed by atoms with E-state index in [-0.39, 0.29) is 0 Å². The summed E-state index contributed by atoms with van der Waals surface area (Å²) in [5, 5.41) is 9.60. The van der Waals surface area contributed by atoms with E-state index in [2.05, 4.69) is 55.0 Å². The molecule has 2 atom stereocenters. The summed E-state index contributed by atoms with van der Waals surface area (Å²) in [4.78, 5) is 0. The van der Waals surface area contributed by atoms with Crippen LogP contribution in [0.2, 0.25) is 0 Å². The smallest absolute Gasteiger partial charge is 0.148 e. The summed E-state index contributed by atoms with van der Waals surface area (Å²) in [6.07, 6.45) is 4.15. The Bertz CT molecular complexity index is 583. The first kappa shape index (κ1) is 11.6. The van der Waals surface area contributed by atoms with Gasteiger partial charge in [0.2, 0.25) is 0 Å². The van der Waals surface area contributed by atoms with Crippen molar-refractivity contribution >= 4 is 15.9 Å². The molecule has 4 rings (SSSR count). The molecule has 2 unspecified atom stereocenters. The van der Waals surface area contributed by atoms with Crippen LogP contribution in [-0.2, 0) is 5.33 Å². The third kappa shape index (κ3) is 1.76. The molecule has 0 bridgehead atoms. The van der Waals surface area contributed by atoms with Gasteiger partial charge >= 0.3 is 0 Å². The molecule has 2 aliphatic carbocycles. The predicted molar refractivity (Wildman–Crippen MR) is 77.6 cm³/mol. The van der Waals surface area contributed by atoms with E-state index < -0.39 is 0 Å². The number of fused-ring (bicyclic) bond motifs is 1. The molecular formula is C15H16BrN3. The lowest BCUT2D eigenvalue weighted by Gasteiger charge is -2.10. The summed E-state index contributed by atoms with van der Waals surface area (Å²) in [5.74, 6) is 4.57. The average molecular weight is 318 g/mol. The third-order valence-corrected chi connectivity index (χ3v) is 5.10. The molecule has 4 heteroatoms. The van der Waals surface area contributed by atoms with Crippen LogP contribution in [0.15, 0.2) is 30.3 Å². The van der Waals surface area contributed by atoms with Gasteiger partial charge in [0.1, 0.15) is 11.6 Å². The first-order valence-electron chi connectivity index (χ1n) is 6.95. The highest BCUT2D eigenvalue weighted by Crippen LogP contribution is 2.62. The first-order chi connectivity index (χ1) is 9.40. The molecule has 0 aliphatic heterocycles. The number of nitrogens with zero attached hydrogens (tertiary/aromatic N) is 3. The zero-order chi connectivity index (χ0) is 12.8. The van der Waals surface area contributed by atoms with Crippen LogP contribution in [0.3, 0.4) is 0 Å². The molecule has 2 fully saturated rings. The lowest BCUT2D eigenvalue weighted by molar-refractivity contribution is 0.647. The van der Waals surface area contributed by atoms with Crippen molar-refractivity contribution in [2.45, 2.75) is 30.5 Å². The standard InChI is InChI=1S/C15H16BrN3/c16-9-13-17-18-15(14-11-7-4-8-12(11)14)19(13)10-5-2-1-3-6-10/h1-3,5-6,11-12,14H,4,7-9H2. The Morgan fingerprint density at radius 1 is 1.11 bits per heavy atom. The Hall–Kier alpha value is -1.16. The van der Waals surface area contributed by atoms with Gasteiger partial charge in [-0.1, -0.05) is 40.5 Å². The van der Waals surface area contributed by atoms with E-state index >= 15 is 0 Å². The Kier molecular flexibility index (Phi) is 2.72. The maximum atomic E-state index is 4.49. The minimum atomic E-state index is 0.647. The van der Waals surface area contributed by atoms with Gasteiger partial charge in [-0.2, -0.15) is 0 Å². The highest BCUT2D eigenvalue weighted by Gasteiger charge is 2.55. The van der Waals surface area contributed by atoms with Crippen LogP contribution in [0.25, 0.3) is 5.69 Å². The fourth-order valence-corrected chi connectivity index (χ4v) is 4.06. The molecule has 19 heavy (non-hydrogen) atoms. The molecule has 2 aliphatic rings. The van der Waals surface area contributed by atoms with Crippen molar-refractivity contribution in [1.29, 1.82) is 0 Å². The van der Waals surface area contributed by atoms with Crippen molar-refractivity contribution in [3.05, 3.63) is 42.0 Å². The zero-order valence-electron chi connectivity index (χ0n) is 10.7. The molecule has 3 nitrogen and oxygen atoms in total. The summed E-state index contributed by atoms with van der Waals surface area (Å²) in [7, 11) is 0. The van der Waals surface area contributed by atoms with E-state index in [4.69, 9.17) is 0 Å². The van der Waals surface area contributed by atoms with Gasteiger partial charge in [0.05, 0.1) is 5.33 Å². The fourth-order valence-electron chi connectivity index (χ4n) is 3.70. The van der Waals surface area contributed by atoms with Crippen molar-refractivity contribution in [3.63, 3.8) is 0 Å². The minimum absolute atomic E-state index is 0.647. The van der Waals surface area contributed by atoms with E-state index in [0.717, 1.165) is 23.0 Å². The van der Waals surface area contributed by atoms with Crippen LogP contribution >= 0.6 is 15.9 Å². The topological polar surface area (TPSA) is 30.7 Å². The molecule has 1 heterocycles. The van der Waals surface area contributed by atoms with Gasteiger partial charge in [-0.25, -0.2) is 0 Å². The molecule has 2 saturated carbocycles. The molecular weight excluding hydrogens is 302 g/mol. The molecule has 0 radical (unpaired) electrons. The first-order valence-corrected chi connectivity index (χ1v) is 8.08. The molecule has 0 saturated heterocycles. The second-order valence-electron chi connectivity index (χ2n) is 5.56. The minimum Gasteiger partial charge on any atom is -0.282 e. The van der Waals surface area contributed by atoms with Gasteiger partial charge < -0.3 is 0 Å². The number of hydrogen-bond donors (Lipinski definition) is 0. The molecule has 0 amide bonds. The maximum Gasteiger partial charge on any atom is 0.148 e. The Balaban J connectivity index is 1.78. The number of rotatable bonds is 3. The molecule has 98 valence electrons. The summed E-state index contributed by atoms with van der Waals surface area (Å²) in [6.45, 7) is 0. The second-order valence-corrected chi connectivity index (χ2v) is 6.12. The van der Waals surface area contributed by atoms with Crippen molar-refractivity contribution < 1.29 is 0 Å². The average Bonchev–Trinajstić information content (AvgIpc) is 2.87. The van der Waals surface area contributed by atoms with Gasteiger partial charge in [0.25, 0.3) is 0 Å². The summed E-state index contributed by atoms with van der Waals surface area (Å²) in [6, 6.07) is 10.5. The van der Waals surface area contributed by atoms with Gasteiger partial charge in [-0.05, 0) is 36.8 Å². The van der Waals surface area contributed by atoms with Crippen LogP contribution in [0.1, 0.15) is 36.8 Å². The Morgan fingerprint density at radius 2 is 1.84 bits per heavy atom. The zero-order valence-corrected chi connectivity index (χ0v) is 12.3. The number of hydrogen-bond acceptors (Lipinski definition) is 2. The third-order valence-electron chi connectivity index (χ3n) is 4.59. The number of para-hydroxylation sites is 1. The number of benzene rings is 1. The van der Waals surface area contributed by atoms with Crippen LogP contribution in [0.4, 0.5) is 0 Å². The molecule has 1 aromatic heterocycles. The quantitative estimate of drug-likeness (QED) is 0.808. The van der Waals surface area contributed by atoms with Crippen LogP contribution in [0.5, 0.6) is 0 Å². The highest BCUT2D eigenvalue weighted by atomic mass is 79.9. The van der Waals surface area contributed by atoms with Crippen LogP contribution in [0, 0.1) is 11.8 Å².